The molecular weight excluding hydrogens is 420 g/mol. The highest BCUT2D eigenvalue weighted by molar-refractivity contribution is 9.11. The normalized spacial score (nSPS) is 18.4. The molecule has 0 saturated carbocycles. The van der Waals surface area contributed by atoms with Gasteiger partial charge in [-0.3, -0.25) is 0 Å². The molecule has 0 spiro atoms. The average molecular weight is 440 g/mol. The second kappa shape index (κ2) is 6.66. The summed E-state index contributed by atoms with van der Waals surface area (Å²) < 4.78 is 28.6. The minimum Gasteiger partial charge on any atom is -0.306 e. The third kappa shape index (κ3) is 3.69. The molecule has 1 aliphatic heterocycles. The third-order valence-corrected chi connectivity index (χ3v) is 7.70. The first kappa shape index (κ1) is 17.4. The number of sulfonamides is 1. The fourth-order valence-corrected chi connectivity index (χ4v) is 5.67. The van der Waals surface area contributed by atoms with Crippen molar-refractivity contribution in [3.63, 3.8) is 0 Å². The maximum absolute atomic E-state index is 12.8. The molecule has 1 saturated heterocycles. The monoisotopic (exact) mass is 438 g/mol. The number of piperidine rings is 1. The van der Waals surface area contributed by atoms with E-state index in [1.165, 1.54) is 0 Å². The summed E-state index contributed by atoms with van der Waals surface area (Å²) in [5, 5.41) is 0. The van der Waals surface area contributed by atoms with Crippen molar-refractivity contribution in [3.05, 3.63) is 26.6 Å². The molecule has 2 rings (SSSR count). The molecule has 1 aliphatic rings. The smallest absolute Gasteiger partial charge is 0.244 e. The molecule has 4 nitrogen and oxygen atoms in total. The van der Waals surface area contributed by atoms with Crippen LogP contribution in [0.2, 0.25) is 0 Å². The fraction of sp³-hybridized carbons (Fsp3) is 0.571. The Hall–Kier alpha value is 0.0500. The molecule has 1 heterocycles. The topological polar surface area (TPSA) is 40.6 Å². The Labute approximate surface area is 143 Å². The van der Waals surface area contributed by atoms with Crippen molar-refractivity contribution in [2.24, 2.45) is 0 Å². The van der Waals surface area contributed by atoms with Crippen molar-refractivity contribution in [3.8, 4) is 0 Å². The summed E-state index contributed by atoms with van der Waals surface area (Å²) in [7, 11) is 0.645. The summed E-state index contributed by atoms with van der Waals surface area (Å²) in [6, 6.07) is 3.99. The predicted octanol–water partition coefficient (Wildman–Crippen LogP) is 3.23. The fourth-order valence-electron chi connectivity index (χ4n) is 2.56. The summed E-state index contributed by atoms with van der Waals surface area (Å²) in [5.74, 6) is 0. The van der Waals surface area contributed by atoms with Gasteiger partial charge in [-0.15, -0.1) is 0 Å². The number of hydrogen-bond donors (Lipinski definition) is 0. The summed E-state index contributed by atoms with van der Waals surface area (Å²) in [5.41, 5.74) is 1.01. The van der Waals surface area contributed by atoms with Gasteiger partial charge in [-0.2, -0.15) is 4.31 Å². The molecule has 0 unspecified atom stereocenters. The lowest BCUT2D eigenvalue weighted by Gasteiger charge is -2.34. The average Bonchev–Trinajstić information content (AvgIpc) is 2.42. The van der Waals surface area contributed by atoms with Crippen LogP contribution in [0.5, 0.6) is 0 Å². The van der Waals surface area contributed by atoms with Crippen LogP contribution in [0.3, 0.4) is 0 Å². The molecule has 1 aromatic carbocycles. The van der Waals surface area contributed by atoms with Crippen LogP contribution in [0.15, 0.2) is 26.0 Å². The number of aryl methyl sites for hydroxylation is 1. The van der Waals surface area contributed by atoms with Gasteiger partial charge in [0.05, 0.1) is 4.90 Å². The van der Waals surface area contributed by atoms with E-state index in [-0.39, 0.29) is 0 Å². The van der Waals surface area contributed by atoms with Gasteiger partial charge in [0, 0.05) is 28.1 Å². The zero-order valence-corrected chi connectivity index (χ0v) is 16.4. The number of benzene rings is 1. The minimum atomic E-state index is -3.44. The van der Waals surface area contributed by atoms with Gasteiger partial charge in [0.25, 0.3) is 0 Å². The second-order valence-electron chi connectivity index (χ2n) is 5.63. The van der Waals surface area contributed by atoms with Gasteiger partial charge in [-0.05, 0) is 67.5 Å². The predicted molar refractivity (Wildman–Crippen MR) is 92.0 cm³/mol. The molecule has 21 heavy (non-hydrogen) atoms. The molecule has 0 bridgehead atoms. The largest absolute Gasteiger partial charge is 0.306 e. The summed E-state index contributed by atoms with van der Waals surface area (Å²) >= 11 is 6.80. The summed E-state index contributed by atoms with van der Waals surface area (Å²) in [6.07, 6.45) is 1.74. The van der Waals surface area contributed by atoms with E-state index in [1.54, 1.807) is 10.4 Å². The first-order chi connectivity index (χ1) is 9.73. The Balaban J connectivity index is 2.26. The van der Waals surface area contributed by atoms with E-state index in [2.05, 4.69) is 36.8 Å². The van der Waals surface area contributed by atoms with Gasteiger partial charge >= 0.3 is 0 Å². The van der Waals surface area contributed by atoms with Gasteiger partial charge < -0.3 is 4.90 Å². The Bertz CT molecular complexity index is 624. The molecule has 1 aromatic rings. The molecule has 0 atom stereocenters. The van der Waals surface area contributed by atoms with Gasteiger partial charge in [0.15, 0.2) is 0 Å². The lowest BCUT2D eigenvalue weighted by atomic mass is 10.1. The standard InChI is InChI=1S/C14H20Br2N2O2S/c1-10-8-13(16)14(9-12(10)15)21(19,20)18-6-4-11(5-7-18)17(2)3/h8-9,11H,4-7H2,1-3H3. The van der Waals surface area contributed by atoms with Crippen molar-refractivity contribution >= 4 is 41.9 Å². The Morgan fingerprint density at radius 2 is 1.71 bits per heavy atom. The van der Waals surface area contributed by atoms with E-state index in [0.717, 1.165) is 22.9 Å². The lowest BCUT2D eigenvalue weighted by molar-refractivity contribution is 0.196. The minimum absolute atomic E-state index is 0.336. The van der Waals surface area contributed by atoms with Crippen LogP contribution in [-0.4, -0.2) is 50.8 Å². The number of rotatable bonds is 3. The van der Waals surface area contributed by atoms with Crippen LogP contribution in [-0.2, 0) is 10.0 Å². The maximum Gasteiger partial charge on any atom is 0.244 e. The molecule has 0 aliphatic carbocycles. The molecular formula is C14H20Br2N2O2S. The van der Waals surface area contributed by atoms with E-state index in [0.29, 0.717) is 28.5 Å². The highest BCUT2D eigenvalue weighted by Crippen LogP contribution is 2.32. The molecule has 0 amide bonds. The summed E-state index contributed by atoms with van der Waals surface area (Å²) in [6.45, 7) is 3.08. The highest BCUT2D eigenvalue weighted by atomic mass is 79.9. The number of hydrogen-bond acceptors (Lipinski definition) is 3. The van der Waals surface area contributed by atoms with Gasteiger partial charge in [0.1, 0.15) is 0 Å². The molecule has 0 radical (unpaired) electrons. The Morgan fingerprint density at radius 3 is 2.24 bits per heavy atom. The van der Waals surface area contributed by atoms with Crippen LogP contribution in [0.25, 0.3) is 0 Å². The van der Waals surface area contributed by atoms with Crippen molar-refractivity contribution in [1.29, 1.82) is 0 Å². The maximum atomic E-state index is 12.8. The van der Waals surface area contributed by atoms with Crippen molar-refractivity contribution in [1.82, 2.24) is 9.21 Å². The summed E-state index contributed by atoms with van der Waals surface area (Å²) in [4.78, 5) is 2.51. The van der Waals surface area contributed by atoms with E-state index in [4.69, 9.17) is 0 Å². The van der Waals surface area contributed by atoms with Gasteiger partial charge in [0.2, 0.25) is 10.0 Å². The number of nitrogens with zero attached hydrogens (tertiary/aromatic N) is 2. The molecule has 7 heteroatoms. The molecule has 0 N–H and O–H groups in total. The van der Waals surface area contributed by atoms with Crippen molar-refractivity contribution in [2.75, 3.05) is 27.2 Å². The first-order valence-corrected chi connectivity index (χ1v) is 9.88. The first-order valence-electron chi connectivity index (χ1n) is 6.85. The van der Waals surface area contributed by atoms with E-state index in [1.807, 2.05) is 27.1 Å². The Kier molecular flexibility index (Phi) is 5.52. The molecule has 118 valence electrons. The highest BCUT2D eigenvalue weighted by Gasteiger charge is 2.31. The SMILES string of the molecule is Cc1cc(Br)c(S(=O)(=O)N2CCC(N(C)C)CC2)cc1Br. The molecule has 0 aromatic heterocycles. The Morgan fingerprint density at radius 1 is 1.14 bits per heavy atom. The van der Waals surface area contributed by atoms with Crippen molar-refractivity contribution < 1.29 is 8.42 Å². The van der Waals surface area contributed by atoms with Crippen LogP contribution in [0.4, 0.5) is 0 Å². The van der Waals surface area contributed by atoms with Gasteiger partial charge in [-0.25, -0.2) is 8.42 Å². The zero-order valence-electron chi connectivity index (χ0n) is 12.4. The quantitative estimate of drug-likeness (QED) is 0.725. The second-order valence-corrected chi connectivity index (χ2v) is 9.25. The zero-order chi connectivity index (χ0) is 15.8. The van der Waals surface area contributed by atoms with Gasteiger partial charge in [-0.1, -0.05) is 15.9 Å². The van der Waals surface area contributed by atoms with Crippen LogP contribution >= 0.6 is 31.9 Å². The van der Waals surface area contributed by atoms with Crippen LogP contribution in [0, 0.1) is 6.92 Å². The van der Waals surface area contributed by atoms with E-state index >= 15 is 0 Å². The number of halogens is 2. The lowest BCUT2D eigenvalue weighted by Crippen LogP contribution is -2.44. The van der Waals surface area contributed by atoms with Crippen LogP contribution in [0.1, 0.15) is 18.4 Å². The molecule has 1 fully saturated rings. The van der Waals surface area contributed by atoms with Crippen LogP contribution < -0.4 is 0 Å². The van der Waals surface area contributed by atoms with Crippen molar-refractivity contribution in [2.45, 2.75) is 30.7 Å². The third-order valence-electron chi connectivity index (χ3n) is 3.98. The van der Waals surface area contributed by atoms with E-state index in [9.17, 15) is 8.42 Å². The van der Waals surface area contributed by atoms with E-state index < -0.39 is 10.0 Å².